The molecular weight excluding hydrogens is 392 g/mol. The summed E-state index contributed by atoms with van der Waals surface area (Å²) in [4.78, 5) is 14.8. The van der Waals surface area contributed by atoms with Crippen LogP contribution in [0, 0.1) is 34.3 Å². The van der Waals surface area contributed by atoms with Crippen LogP contribution in [0.5, 0.6) is 5.88 Å². The lowest BCUT2D eigenvalue weighted by Crippen LogP contribution is -2.35. The molecule has 1 aliphatic heterocycles. The van der Waals surface area contributed by atoms with Crippen LogP contribution < -0.4 is 9.64 Å². The molecule has 1 aliphatic carbocycles. The number of nitrogens with zero attached hydrogens (tertiary/aromatic N) is 3. The van der Waals surface area contributed by atoms with Crippen molar-refractivity contribution in [3.8, 4) is 11.9 Å². The number of carboxylic acid groups (broad SMARTS) is 1. The molecule has 158 valence electrons. The zero-order valence-electron chi connectivity index (χ0n) is 16.6. The largest absolute Gasteiger partial charge is 0.483 e. The smallest absolute Gasteiger partial charge is 0.290 e. The number of hydrogen-bond acceptors (Lipinski definition) is 5. The van der Waals surface area contributed by atoms with Gasteiger partial charge in [0.05, 0.1) is 11.6 Å². The first-order valence-corrected chi connectivity index (χ1v) is 9.73. The molecule has 30 heavy (non-hydrogen) atoms. The number of benzene rings is 1. The monoisotopic (exact) mass is 415 g/mol. The number of rotatable bonds is 4. The highest BCUT2D eigenvalue weighted by molar-refractivity contribution is 5.42. The SMILES string of the molecule is CC1CC12CCN(c1ccc(F)c(OCc3ccc(C#N)cc3F)n1)CC2.O=CO. The Morgan fingerprint density at radius 3 is 2.53 bits per heavy atom. The lowest BCUT2D eigenvalue weighted by Gasteiger charge is -2.33. The molecule has 2 aliphatic rings. The van der Waals surface area contributed by atoms with E-state index in [0.29, 0.717) is 11.2 Å². The Hall–Kier alpha value is -3.21. The van der Waals surface area contributed by atoms with Crippen LogP contribution >= 0.6 is 0 Å². The molecule has 1 aromatic carbocycles. The number of halogens is 2. The highest BCUT2D eigenvalue weighted by Gasteiger charge is 2.51. The first kappa shape index (κ1) is 21.5. The zero-order chi connectivity index (χ0) is 21.7. The normalized spacial score (nSPS) is 18.7. The van der Waals surface area contributed by atoms with E-state index in [0.717, 1.165) is 37.9 Å². The molecule has 1 spiro atoms. The molecule has 1 unspecified atom stereocenters. The van der Waals surface area contributed by atoms with Crippen LogP contribution in [0.1, 0.15) is 37.3 Å². The molecule has 8 heteroatoms. The van der Waals surface area contributed by atoms with Crippen molar-refractivity contribution >= 4 is 12.3 Å². The van der Waals surface area contributed by atoms with Crippen molar-refractivity contribution in [3.05, 3.63) is 53.1 Å². The third-order valence-electron chi connectivity index (χ3n) is 6.03. The molecule has 0 bridgehead atoms. The third kappa shape index (κ3) is 4.67. The van der Waals surface area contributed by atoms with Crippen molar-refractivity contribution in [2.24, 2.45) is 11.3 Å². The van der Waals surface area contributed by atoms with Gasteiger partial charge in [-0.2, -0.15) is 10.2 Å². The first-order chi connectivity index (χ1) is 14.4. The average molecular weight is 415 g/mol. The second kappa shape index (κ2) is 9.08. The van der Waals surface area contributed by atoms with Crippen molar-refractivity contribution < 1.29 is 23.4 Å². The van der Waals surface area contributed by atoms with Gasteiger partial charge in [0, 0.05) is 18.7 Å². The summed E-state index contributed by atoms with van der Waals surface area (Å²) in [6, 6.07) is 9.00. The summed E-state index contributed by atoms with van der Waals surface area (Å²) < 4.78 is 33.5. The van der Waals surface area contributed by atoms with E-state index in [9.17, 15) is 8.78 Å². The summed E-state index contributed by atoms with van der Waals surface area (Å²) in [6.07, 6.45) is 3.59. The zero-order valence-corrected chi connectivity index (χ0v) is 16.6. The van der Waals surface area contributed by atoms with E-state index in [-0.39, 0.29) is 30.1 Å². The number of hydrogen-bond donors (Lipinski definition) is 1. The van der Waals surface area contributed by atoms with Gasteiger partial charge in [-0.15, -0.1) is 0 Å². The van der Waals surface area contributed by atoms with Crippen molar-refractivity contribution in [1.29, 1.82) is 5.26 Å². The number of carbonyl (C=O) groups is 1. The lowest BCUT2D eigenvalue weighted by atomic mass is 9.91. The van der Waals surface area contributed by atoms with Crippen LogP contribution in [-0.4, -0.2) is 29.7 Å². The van der Waals surface area contributed by atoms with Gasteiger partial charge in [-0.1, -0.05) is 13.0 Å². The summed E-state index contributed by atoms with van der Waals surface area (Å²) in [7, 11) is 0. The Morgan fingerprint density at radius 1 is 1.30 bits per heavy atom. The van der Waals surface area contributed by atoms with E-state index in [2.05, 4.69) is 16.8 Å². The molecule has 2 fully saturated rings. The van der Waals surface area contributed by atoms with Crippen LogP contribution in [0.25, 0.3) is 0 Å². The van der Waals surface area contributed by atoms with Gasteiger partial charge in [-0.05, 0) is 54.9 Å². The summed E-state index contributed by atoms with van der Waals surface area (Å²) in [5, 5.41) is 15.7. The summed E-state index contributed by atoms with van der Waals surface area (Å²) in [5.41, 5.74) is 1.00. The van der Waals surface area contributed by atoms with Crippen molar-refractivity contribution in [2.75, 3.05) is 18.0 Å². The topological polar surface area (TPSA) is 86.5 Å². The number of aromatic nitrogens is 1. The Morgan fingerprint density at radius 2 is 1.97 bits per heavy atom. The molecule has 1 atom stereocenters. The van der Waals surface area contributed by atoms with Gasteiger partial charge in [-0.3, -0.25) is 4.79 Å². The number of ether oxygens (including phenoxy) is 1. The Balaban J connectivity index is 0.000000806. The quantitative estimate of drug-likeness (QED) is 0.756. The predicted molar refractivity (Wildman–Crippen MR) is 106 cm³/mol. The fraction of sp³-hybridized carbons (Fsp3) is 0.409. The molecule has 2 heterocycles. The van der Waals surface area contributed by atoms with E-state index in [1.165, 1.54) is 24.6 Å². The minimum Gasteiger partial charge on any atom is -0.483 e. The van der Waals surface area contributed by atoms with E-state index in [1.54, 1.807) is 6.07 Å². The molecule has 1 saturated carbocycles. The number of nitriles is 1. The fourth-order valence-electron chi connectivity index (χ4n) is 4.00. The minimum atomic E-state index is -0.572. The van der Waals surface area contributed by atoms with Gasteiger partial charge in [0.1, 0.15) is 18.2 Å². The van der Waals surface area contributed by atoms with Crippen LogP contribution in [0.15, 0.2) is 30.3 Å². The molecule has 0 amide bonds. The average Bonchev–Trinajstić information content (AvgIpc) is 3.37. The number of pyridine rings is 1. The van der Waals surface area contributed by atoms with Gasteiger partial charge < -0.3 is 14.7 Å². The van der Waals surface area contributed by atoms with Crippen LogP contribution in [0.3, 0.4) is 0 Å². The lowest BCUT2D eigenvalue weighted by molar-refractivity contribution is -0.122. The maximum Gasteiger partial charge on any atom is 0.290 e. The van der Waals surface area contributed by atoms with Gasteiger partial charge in [0.25, 0.3) is 12.4 Å². The summed E-state index contributed by atoms with van der Waals surface area (Å²) in [6.45, 7) is 3.73. The molecule has 1 N–H and O–H groups in total. The molecule has 1 saturated heterocycles. The molecule has 0 radical (unpaired) electrons. The summed E-state index contributed by atoms with van der Waals surface area (Å²) in [5.74, 6) is 0.246. The Labute approximate surface area is 173 Å². The fourth-order valence-corrected chi connectivity index (χ4v) is 4.00. The predicted octanol–water partition coefficient (Wildman–Crippen LogP) is 4.14. The molecular formula is C22H23F2N3O3. The Bertz CT molecular complexity index is 953. The van der Waals surface area contributed by atoms with Crippen molar-refractivity contribution in [2.45, 2.75) is 32.8 Å². The van der Waals surface area contributed by atoms with Gasteiger partial charge in [0.15, 0.2) is 5.82 Å². The van der Waals surface area contributed by atoms with E-state index < -0.39 is 11.6 Å². The second-order valence-corrected chi connectivity index (χ2v) is 7.72. The van der Waals surface area contributed by atoms with Gasteiger partial charge in [0.2, 0.25) is 0 Å². The maximum atomic E-state index is 14.1. The molecule has 2 aromatic rings. The Kier molecular flexibility index (Phi) is 6.50. The molecule has 6 nitrogen and oxygen atoms in total. The molecule has 1 aromatic heterocycles. The van der Waals surface area contributed by atoms with E-state index in [4.69, 9.17) is 19.9 Å². The summed E-state index contributed by atoms with van der Waals surface area (Å²) >= 11 is 0. The van der Waals surface area contributed by atoms with Gasteiger partial charge in [-0.25, -0.2) is 8.78 Å². The number of piperidine rings is 1. The highest BCUT2D eigenvalue weighted by atomic mass is 19.1. The highest BCUT2D eigenvalue weighted by Crippen LogP contribution is 2.59. The van der Waals surface area contributed by atoms with Gasteiger partial charge >= 0.3 is 0 Å². The standard InChI is InChI=1S/C21H21F2N3O.CH2O2/c1-14-11-21(14)6-8-26(9-7-21)19-5-4-17(22)20(25-19)27-13-16-3-2-15(12-24)10-18(16)23;2-1-3/h2-5,10,14H,6-9,11,13H2,1H3;1H,(H,2,3). The maximum absolute atomic E-state index is 14.1. The van der Waals surface area contributed by atoms with Crippen LogP contribution in [0.2, 0.25) is 0 Å². The second-order valence-electron chi connectivity index (χ2n) is 7.72. The van der Waals surface area contributed by atoms with E-state index >= 15 is 0 Å². The van der Waals surface area contributed by atoms with Crippen LogP contribution in [0.4, 0.5) is 14.6 Å². The van der Waals surface area contributed by atoms with Crippen molar-refractivity contribution in [1.82, 2.24) is 4.98 Å². The number of anilines is 1. The molecule has 4 rings (SSSR count). The van der Waals surface area contributed by atoms with Crippen LogP contribution in [-0.2, 0) is 11.4 Å². The minimum absolute atomic E-state index is 0.128. The van der Waals surface area contributed by atoms with E-state index in [1.807, 2.05) is 6.07 Å². The third-order valence-corrected chi connectivity index (χ3v) is 6.03. The van der Waals surface area contributed by atoms with Crippen molar-refractivity contribution in [3.63, 3.8) is 0 Å². The first-order valence-electron chi connectivity index (χ1n) is 9.73.